The molecule has 2 rings (SSSR count). The van der Waals surface area contributed by atoms with Gasteiger partial charge >= 0.3 is 0 Å². The fourth-order valence-electron chi connectivity index (χ4n) is 2.05. The van der Waals surface area contributed by atoms with Crippen molar-refractivity contribution in [2.45, 2.75) is 19.9 Å². The highest BCUT2D eigenvalue weighted by Crippen LogP contribution is 2.24. The Kier molecular flexibility index (Phi) is 4.47. The molecule has 1 aromatic heterocycles. The van der Waals surface area contributed by atoms with Crippen molar-refractivity contribution in [1.29, 1.82) is 0 Å². The minimum absolute atomic E-state index is 0.140. The maximum absolute atomic E-state index is 11.3. The van der Waals surface area contributed by atoms with Crippen molar-refractivity contribution in [3.8, 4) is 0 Å². The molecule has 0 aliphatic heterocycles. The molecule has 112 valence electrons. The van der Waals surface area contributed by atoms with E-state index < -0.39 is 10.0 Å². The lowest BCUT2D eigenvalue weighted by molar-refractivity contribution is 0.607. The van der Waals surface area contributed by atoms with E-state index in [4.69, 9.17) is 0 Å². The average Bonchev–Trinajstić information content (AvgIpc) is 2.41. The van der Waals surface area contributed by atoms with E-state index in [-0.39, 0.29) is 6.04 Å². The summed E-state index contributed by atoms with van der Waals surface area (Å²) in [5, 5.41) is 3.38. The molecule has 5 nitrogen and oxygen atoms in total. The number of sulfonamides is 1. The Labute approximate surface area is 125 Å². The molecule has 2 aromatic rings. The van der Waals surface area contributed by atoms with Crippen molar-refractivity contribution in [3.05, 3.63) is 53.9 Å². The fourth-order valence-corrected chi connectivity index (χ4v) is 2.68. The summed E-state index contributed by atoms with van der Waals surface area (Å²) in [6.45, 7) is 3.93. The van der Waals surface area contributed by atoms with Gasteiger partial charge in [-0.05, 0) is 55.3 Å². The van der Waals surface area contributed by atoms with Crippen molar-refractivity contribution >= 4 is 21.4 Å². The van der Waals surface area contributed by atoms with Crippen molar-refractivity contribution in [2.75, 3.05) is 16.3 Å². The largest absolute Gasteiger partial charge is 0.379 e. The predicted octanol–water partition coefficient (Wildman–Crippen LogP) is 2.93. The molecule has 0 radical (unpaired) electrons. The lowest BCUT2D eigenvalue weighted by Crippen LogP contribution is -2.11. The van der Waals surface area contributed by atoms with Crippen LogP contribution in [0.2, 0.25) is 0 Å². The van der Waals surface area contributed by atoms with Crippen LogP contribution in [0.5, 0.6) is 0 Å². The third-order valence-electron chi connectivity index (χ3n) is 3.11. The number of nitrogens with one attached hydrogen (secondary N) is 2. The summed E-state index contributed by atoms with van der Waals surface area (Å²) in [5.74, 6) is 0. The summed E-state index contributed by atoms with van der Waals surface area (Å²) < 4.78 is 25.0. The fraction of sp³-hybridized carbons (Fsp3) is 0.267. The highest BCUT2D eigenvalue weighted by atomic mass is 32.2. The third kappa shape index (κ3) is 4.46. The van der Waals surface area contributed by atoms with Crippen LogP contribution in [-0.2, 0) is 10.0 Å². The zero-order valence-corrected chi connectivity index (χ0v) is 13.1. The quantitative estimate of drug-likeness (QED) is 0.891. The van der Waals surface area contributed by atoms with Gasteiger partial charge in [-0.1, -0.05) is 0 Å². The lowest BCUT2D eigenvalue weighted by atomic mass is 10.1. The normalized spacial score (nSPS) is 12.7. The van der Waals surface area contributed by atoms with Crippen LogP contribution < -0.4 is 10.0 Å². The number of rotatable bonds is 5. The molecule has 0 bridgehead atoms. The first kappa shape index (κ1) is 15.3. The minimum atomic E-state index is -3.26. The molecule has 21 heavy (non-hydrogen) atoms. The van der Waals surface area contributed by atoms with Crippen LogP contribution in [0, 0.1) is 6.92 Å². The molecular formula is C15H19N3O2S. The van der Waals surface area contributed by atoms with Crippen molar-refractivity contribution in [3.63, 3.8) is 0 Å². The van der Waals surface area contributed by atoms with Gasteiger partial charge in [-0.15, -0.1) is 0 Å². The van der Waals surface area contributed by atoms with Crippen LogP contribution in [0.15, 0.2) is 42.7 Å². The first-order valence-corrected chi connectivity index (χ1v) is 8.49. The van der Waals surface area contributed by atoms with Gasteiger partial charge in [0.25, 0.3) is 0 Å². The molecule has 2 N–H and O–H groups in total. The summed E-state index contributed by atoms with van der Waals surface area (Å²) in [6.07, 6.45) is 4.67. The van der Waals surface area contributed by atoms with Crippen LogP contribution in [-0.4, -0.2) is 19.7 Å². The molecule has 1 aromatic carbocycles. The predicted molar refractivity (Wildman–Crippen MR) is 85.9 cm³/mol. The molecule has 0 aliphatic carbocycles. The van der Waals surface area contributed by atoms with Gasteiger partial charge in [0.05, 0.1) is 11.9 Å². The second kappa shape index (κ2) is 6.13. The minimum Gasteiger partial charge on any atom is -0.379 e. The van der Waals surface area contributed by atoms with E-state index in [9.17, 15) is 8.42 Å². The number of aryl methyl sites for hydroxylation is 1. The summed E-state index contributed by atoms with van der Waals surface area (Å²) in [4.78, 5) is 4.00. The van der Waals surface area contributed by atoms with E-state index in [0.29, 0.717) is 5.69 Å². The first-order chi connectivity index (χ1) is 9.85. The summed E-state index contributed by atoms with van der Waals surface area (Å²) in [5.41, 5.74) is 3.55. The van der Waals surface area contributed by atoms with E-state index in [2.05, 4.69) is 21.9 Å². The van der Waals surface area contributed by atoms with Gasteiger partial charge < -0.3 is 5.32 Å². The van der Waals surface area contributed by atoms with Crippen LogP contribution in [0.25, 0.3) is 0 Å². The Balaban J connectivity index is 2.14. The Morgan fingerprint density at radius 3 is 2.38 bits per heavy atom. The van der Waals surface area contributed by atoms with Gasteiger partial charge in [-0.3, -0.25) is 9.71 Å². The second-order valence-electron chi connectivity index (χ2n) is 5.05. The SMILES string of the molecule is Cc1cc(NC(C)c2ccncc2)ccc1NS(C)(=O)=O. The molecule has 6 heteroatoms. The van der Waals surface area contributed by atoms with Crippen molar-refractivity contribution in [1.82, 2.24) is 4.98 Å². The number of aromatic nitrogens is 1. The number of anilines is 2. The standard InChI is InChI=1S/C15H19N3O2S/c1-11-10-14(4-5-15(11)18-21(3,19)20)17-12(2)13-6-8-16-9-7-13/h4-10,12,17-18H,1-3H3. The van der Waals surface area contributed by atoms with E-state index in [1.54, 1.807) is 18.5 Å². The van der Waals surface area contributed by atoms with Crippen LogP contribution in [0.4, 0.5) is 11.4 Å². The molecule has 0 aliphatic rings. The highest BCUT2D eigenvalue weighted by Gasteiger charge is 2.08. The van der Waals surface area contributed by atoms with Crippen LogP contribution in [0.1, 0.15) is 24.1 Å². The van der Waals surface area contributed by atoms with E-state index in [0.717, 1.165) is 23.1 Å². The molecule has 0 amide bonds. The number of nitrogens with zero attached hydrogens (tertiary/aromatic N) is 1. The third-order valence-corrected chi connectivity index (χ3v) is 3.70. The zero-order chi connectivity index (χ0) is 15.5. The van der Waals surface area contributed by atoms with Crippen molar-refractivity contribution < 1.29 is 8.42 Å². The number of hydrogen-bond donors (Lipinski definition) is 2. The first-order valence-electron chi connectivity index (χ1n) is 6.60. The Morgan fingerprint density at radius 1 is 1.14 bits per heavy atom. The van der Waals surface area contributed by atoms with Gasteiger partial charge in [0, 0.05) is 24.1 Å². The van der Waals surface area contributed by atoms with E-state index in [1.807, 2.05) is 31.2 Å². The van der Waals surface area contributed by atoms with E-state index >= 15 is 0 Å². The van der Waals surface area contributed by atoms with Crippen LogP contribution in [0.3, 0.4) is 0 Å². The molecule has 0 saturated heterocycles. The van der Waals surface area contributed by atoms with Gasteiger partial charge in [0.1, 0.15) is 0 Å². The summed E-state index contributed by atoms with van der Waals surface area (Å²) in [7, 11) is -3.26. The Morgan fingerprint density at radius 2 is 1.81 bits per heavy atom. The number of hydrogen-bond acceptors (Lipinski definition) is 4. The zero-order valence-electron chi connectivity index (χ0n) is 12.3. The molecular weight excluding hydrogens is 286 g/mol. The molecule has 1 atom stereocenters. The molecule has 1 heterocycles. The molecule has 0 saturated carbocycles. The van der Waals surface area contributed by atoms with Gasteiger partial charge in [-0.25, -0.2) is 8.42 Å². The summed E-state index contributed by atoms with van der Waals surface area (Å²) in [6, 6.07) is 9.61. The molecule has 0 fully saturated rings. The second-order valence-corrected chi connectivity index (χ2v) is 6.80. The maximum atomic E-state index is 11.3. The van der Waals surface area contributed by atoms with E-state index in [1.165, 1.54) is 0 Å². The topological polar surface area (TPSA) is 71.1 Å². The van der Waals surface area contributed by atoms with Gasteiger partial charge in [-0.2, -0.15) is 0 Å². The van der Waals surface area contributed by atoms with Gasteiger partial charge in [0.2, 0.25) is 10.0 Å². The highest BCUT2D eigenvalue weighted by molar-refractivity contribution is 7.92. The lowest BCUT2D eigenvalue weighted by Gasteiger charge is -2.17. The Bertz CT molecular complexity index is 715. The van der Waals surface area contributed by atoms with Crippen LogP contribution >= 0.6 is 0 Å². The van der Waals surface area contributed by atoms with Crippen molar-refractivity contribution in [2.24, 2.45) is 0 Å². The molecule has 1 unspecified atom stereocenters. The van der Waals surface area contributed by atoms with Gasteiger partial charge in [0.15, 0.2) is 0 Å². The summed E-state index contributed by atoms with van der Waals surface area (Å²) >= 11 is 0. The molecule has 0 spiro atoms. The number of benzene rings is 1. The Hall–Kier alpha value is -2.08. The average molecular weight is 305 g/mol. The number of pyridine rings is 1. The monoisotopic (exact) mass is 305 g/mol. The maximum Gasteiger partial charge on any atom is 0.229 e. The smallest absolute Gasteiger partial charge is 0.229 e.